The van der Waals surface area contributed by atoms with Crippen molar-refractivity contribution < 1.29 is 19.1 Å². The van der Waals surface area contributed by atoms with Gasteiger partial charge in [-0.05, 0) is 40.5 Å². The van der Waals surface area contributed by atoms with Crippen LogP contribution in [0.25, 0.3) is 0 Å². The number of nitrogens with one attached hydrogen (secondary N) is 1. The maximum absolute atomic E-state index is 12.0. The smallest absolute Gasteiger partial charge is 0.444 e. The molecule has 0 aromatic carbocycles. The molecule has 0 bridgehead atoms. The Hall–Kier alpha value is -1.50. The van der Waals surface area contributed by atoms with Gasteiger partial charge >= 0.3 is 12.2 Å². The molecule has 0 saturated carbocycles. The summed E-state index contributed by atoms with van der Waals surface area (Å²) < 4.78 is 10.1. The zero-order chi connectivity index (χ0) is 14.4. The second-order valence-corrected chi connectivity index (χ2v) is 4.97. The highest BCUT2D eigenvalue weighted by molar-refractivity contribution is 5.73. The average Bonchev–Trinajstić information content (AvgIpc) is 2.76. The fraction of sp³-hybridized carbons (Fsp3) is 0.833. The van der Waals surface area contributed by atoms with Crippen LogP contribution in [-0.4, -0.2) is 47.6 Å². The van der Waals surface area contributed by atoms with E-state index in [1.807, 2.05) is 0 Å². The largest absolute Gasteiger partial charge is 0.446 e. The summed E-state index contributed by atoms with van der Waals surface area (Å²) in [5.74, 6) is 0. The van der Waals surface area contributed by atoms with Crippen molar-refractivity contribution in [3.8, 4) is 0 Å². The van der Waals surface area contributed by atoms with Crippen molar-refractivity contribution >= 4 is 12.2 Å². The molecule has 7 nitrogen and oxygen atoms in total. The Kier molecular flexibility index (Phi) is 5.88. The van der Waals surface area contributed by atoms with Crippen LogP contribution in [-0.2, 0) is 9.47 Å². The third-order valence-electron chi connectivity index (χ3n) is 2.41. The normalized spacial score (nSPS) is 15.7. The molecule has 7 heteroatoms. The van der Waals surface area contributed by atoms with Gasteiger partial charge in [-0.15, -0.1) is 5.12 Å². The first-order valence-electron chi connectivity index (χ1n) is 6.63. The average molecular weight is 273 g/mol. The summed E-state index contributed by atoms with van der Waals surface area (Å²) in [6.07, 6.45) is 0.195. The summed E-state index contributed by atoms with van der Waals surface area (Å²) in [6, 6.07) is 0. The highest BCUT2D eigenvalue weighted by atomic mass is 16.6. The molecule has 1 heterocycles. The number of amides is 2. The van der Waals surface area contributed by atoms with Gasteiger partial charge in [-0.25, -0.2) is 15.0 Å². The summed E-state index contributed by atoms with van der Waals surface area (Å²) in [4.78, 5) is 23.6. The molecule has 1 rings (SSSR count). The third kappa shape index (κ3) is 5.34. The number of nitrogens with zero attached hydrogens (tertiary/aromatic N) is 2. The quantitative estimate of drug-likeness (QED) is 0.795. The zero-order valence-corrected chi connectivity index (χ0v) is 12.0. The van der Waals surface area contributed by atoms with Crippen LogP contribution in [0.2, 0.25) is 0 Å². The molecule has 0 radical (unpaired) electrons. The second-order valence-electron chi connectivity index (χ2n) is 4.97. The Labute approximate surface area is 113 Å². The van der Waals surface area contributed by atoms with E-state index in [4.69, 9.17) is 9.47 Å². The molecule has 1 aliphatic heterocycles. The lowest BCUT2D eigenvalue weighted by Crippen LogP contribution is -2.56. The predicted molar refractivity (Wildman–Crippen MR) is 69.0 cm³/mol. The van der Waals surface area contributed by atoms with Gasteiger partial charge in [0.25, 0.3) is 0 Å². The minimum Gasteiger partial charge on any atom is -0.446 e. The minimum atomic E-state index is -0.664. The van der Waals surface area contributed by atoms with E-state index in [0.717, 1.165) is 18.0 Å². The van der Waals surface area contributed by atoms with E-state index in [9.17, 15) is 9.59 Å². The summed E-state index contributed by atoms with van der Waals surface area (Å²) in [5, 5.41) is 2.85. The lowest BCUT2D eigenvalue weighted by atomic mass is 10.4. The molecule has 0 aromatic heterocycles. The standard InChI is InChI=1S/C12H23N3O4/c1-9(2)18-11(16)13-15(12(17)19-10(3)4)14-7-5-6-8-14/h9-10H,5-8H2,1-4H3,(H,13,16). The van der Waals surface area contributed by atoms with Crippen molar-refractivity contribution in [1.82, 2.24) is 15.6 Å². The molecule has 0 atom stereocenters. The van der Waals surface area contributed by atoms with Gasteiger partial charge in [0.15, 0.2) is 0 Å². The first-order chi connectivity index (χ1) is 8.90. The first-order valence-corrected chi connectivity index (χ1v) is 6.63. The molecule has 0 spiro atoms. The Morgan fingerprint density at radius 2 is 1.58 bits per heavy atom. The van der Waals surface area contributed by atoms with Crippen LogP contribution in [0.3, 0.4) is 0 Å². The van der Waals surface area contributed by atoms with Gasteiger partial charge in [0.05, 0.1) is 12.2 Å². The summed E-state index contributed by atoms with van der Waals surface area (Å²) in [7, 11) is 0. The maximum Gasteiger partial charge on any atom is 0.444 e. The maximum atomic E-state index is 12.0. The van der Waals surface area contributed by atoms with E-state index in [1.54, 1.807) is 32.7 Å². The number of carbonyl (C=O) groups excluding carboxylic acids is 2. The molecule has 19 heavy (non-hydrogen) atoms. The van der Waals surface area contributed by atoms with Crippen molar-refractivity contribution in [2.75, 3.05) is 13.1 Å². The fourth-order valence-electron chi connectivity index (χ4n) is 1.71. The molecule has 1 N–H and O–H groups in total. The number of ether oxygens (including phenoxy) is 2. The van der Waals surface area contributed by atoms with Gasteiger partial charge in [0, 0.05) is 13.1 Å². The van der Waals surface area contributed by atoms with Crippen LogP contribution in [0.15, 0.2) is 0 Å². The molecular formula is C12H23N3O4. The van der Waals surface area contributed by atoms with Gasteiger partial charge in [0.2, 0.25) is 0 Å². The van der Waals surface area contributed by atoms with E-state index in [0.29, 0.717) is 13.1 Å². The van der Waals surface area contributed by atoms with E-state index >= 15 is 0 Å². The molecule has 0 aliphatic carbocycles. The van der Waals surface area contributed by atoms with Crippen molar-refractivity contribution in [2.24, 2.45) is 0 Å². The number of rotatable bonds is 3. The molecule has 2 amide bonds. The molecule has 110 valence electrons. The number of carbonyl (C=O) groups is 2. The third-order valence-corrected chi connectivity index (χ3v) is 2.41. The van der Waals surface area contributed by atoms with Gasteiger partial charge in [-0.2, -0.15) is 5.01 Å². The number of hydrazine groups is 2. The Bertz CT molecular complexity index is 314. The van der Waals surface area contributed by atoms with Gasteiger partial charge in [0.1, 0.15) is 0 Å². The lowest BCUT2D eigenvalue weighted by Gasteiger charge is -2.30. The molecule has 1 fully saturated rings. The summed E-state index contributed by atoms with van der Waals surface area (Å²) >= 11 is 0. The Morgan fingerprint density at radius 3 is 2.05 bits per heavy atom. The highest BCUT2D eigenvalue weighted by Crippen LogP contribution is 2.11. The molecule has 0 aromatic rings. The van der Waals surface area contributed by atoms with E-state index < -0.39 is 12.2 Å². The number of hydrogen-bond donors (Lipinski definition) is 1. The zero-order valence-electron chi connectivity index (χ0n) is 12.0. The summed E-state index contributed by atoms with van der Waals surface area (Å²) in [6.45, 7) is 8.40. The molecule has 1 saturated heterocycles. The molecule has 1 aliphatic rings. The van der Waals surface area contributed by atoms with Crippen LogP contribution >= 0.6 is 0 Å². The minimum absolute atomic E-state index is 0.249. The van der Waals surface area contributed by atoms with Crippen molar-refractivity contribution in [3.05, 3.63) is 0 Å². The SMILES string of the molecule is CC(C)OC(=O)NN(C(=O)OC(C)C)N1CCCC1. The number of hydrogen-bond acceptors (Lipinski definition) is 5. The fourth-order valence-corrected chi connectivity index (χ4v) is 1.71. The van der Waals surface area contributed by atoms with E-state index in [2.05, 4.69) is 5.43 Å². The molecule has 0 unspecified atom stereocenters. The topological polar surface area (TPSA) is 71.1 Å². The van der Waals surface area contributed by atoms with Crippen molar-refractivity contribution in [3.63, 3.8) is 0 Å². The first kappa shape index (κ1) is 15.6. The van der Waals surface area contributed by atoms with Crippen LogP contribution in [0.1, 0.15) is 40.5 Å². The molecular weight excluding hydrogens is 250 g/mol. The van der Waals surface area contributed by atoms with Crippen molar-refractivity contribution in [2.45, 2.75) is 52.7 Å². The van der Waals surface area contributed by atoms with E-state index in [-0.39, 0.29) is 12.2 Å². The lowest BCUT2D eigenvalue weighted by molar-refractivity contribution is -0.0508. The van der Waals surface area contributed by atoms with Gasteiger partial charge < -0.3 is 9.47 Å². The van der Waals surface area contributed by atoms with Crippen LogP contribution < -0.4 is 5.43 Å². The summed E-state index contributed by atoms with van der Waals surface area (Å²) in [5.41, 5.74) is 2.42. The Balaban J connectivity index is 2.63. The predicted octanol–water partition coefficient (Wildman–Crippen LogP) is 1.89. The van der Waals surface area contributed by atoms with Crippen LogP contribution in [0.4, 0.5) is 9.59 Å². The monoisotopic (exact) mass is 273 g/mol. The van der Waals surface area contributed by atoms with Crippen molar-refractivity contribution in [1.29, 1.82) is 0 Å². The second kappa shape index (κ2) is 7.18. The van der Waals surface area contributed by atoms with Gasteiger partial charge in [-0.3, -0.25) is 0 Å². The van der Waals surface area contributed by atoms with E-state index in [1.165, 1.54) is 0 Å². The Morgan fingerprint density at radius 1 is 1.05 bits per heavy atom. The van der Waals surface area contributed by atoms with Gasteiger partial charge in [-0.1, -0.05) is 0 Å². The highest BCUT2D eigenvalue weighted by Gasteiger charge is 2.28. The van der Waals surface area contributed by atoms with Crippen LogP contribution in [0, 0.1) is 0 Å². The van der Waals surface area contributed by atoms with Crippen LogP contribution in [0.5, 0.6) is 0 Å².